The number of anilines is 1. The molecule has 1 unspecified atom stereocenters. The number of aromatic nitrogens is 1. The third-order valence-electron chi connectivity index (χ3n) is 6.39. The van der Waals surface area contributed by atoms with Gasteiger partial charge in [0, 0.05) is 22.3 Å². The van der Waals surface area contributed by atoms with Gasteiger partial charge in [-0.2, -0.15) is 0 Å². The highest BCUT2D eigenvalue weighted by atomic mass is 32.1. The largest absolute Gasteiger partial charge is 0.462 e. The molecule has 0 saturated carbocycles. The van der Waals surface area contributed by atoms with Gasteiger partial charge in [-0.3, -0.25) is 4.79 Å². The van der Waals surface area contributed by atoms with E-state index in [2.05, 4.69) is 35.9 Å². The normalized spacial score (nSPS) is 15.6. The van der Waals surface area contributed by atoms with Crippen LogP contribution in [-0.2, 0) is 24.1 Å². The molecule has 4 rings (SSSR count). The van der Waals surface area contributed by atoms with Crippen molar-refractivity contribution in [2.45, 2.75) is 66.3 Å². The van der Waals surface area contributed by atoms with Crippen LogP contribution in [0.2, 0.25) is 0 Å². The average Bonchev–Trinajstić information content (AvgIpc) is 3.26. The van der Waals surface area contributed by atoms with E-state index in [1.54, 1.807) is 0 Å². The number of amides is 1. The summed E-state index contributed by atoms with van der Waals surface area (Å²) in [7, 11) is 0. The Bertz CT molecular complexity index is 1160. The Morgan fingerprint density at radius 2 is 2.03 bits per heavy atom. The minimum atomic E-state index is -0.335. The predicted molar refractivity (Wildman–Crippen MR) is 131 cm³/mol. The van der Waals surface area contributed by atoms with Gasteiger partial charge in [-0.25, -0.2) is 4.79 Å². The van der Waals surface area contributed by atoms with E-state index in [1.807, 2.05) is 26.0 Å². The van der Waals surface area contributed by atoms with Gasteiger partial charge in [0.1, 0.15) is 10.7 Å². The number of ether oxygens (including phenoxy) is 1. The number of hydrogen-bond acceptors (Lipinski definition) is 4. The molecule has 1 aromatic carbocycles. The fourth-order valence-corrected chi connectivity index (χ4v) is 6.13. The lowest BCUT2D eigenvalue weighted by molar-refractivity contribution is 0.0526. The predicted octanol–water partition coefficient (Wildman–Crippen LogP) is 6.37. The van der Waals surface area contributed by atoms with E-state index in [9.17, 15) is 9.59 Å². The van der Waals surface area contributed by atoms with Gasteiger partial charge in [0.15, 0.2) is 0 Å². The van der Waals surface area contributed by atoms with Crippen molar-refractivity contribution >= 4 is 39.1 Å². The monoisotopic (exact) mass is 452 g/mol. The highest BCUT2D eigenvalue weighted by Crippen LogP contribution is 2.40. The van der Waals surface area contributed by atoms with Crippen molar-refractivity contribution in [2.24, 2.45) is 5.92 Å². The molecule has 5 nitrogen and oxygen atoms in total. The summed E-state index contributed by atoms with van der Waals surface area (Å²) in [6, 6.07) is 8.16. The van der Waals surface area contributed by atoms with Gasteiger partial charge in [0.25, 0.3) is 5.91 Å². The SMILES string of the molecule is CCCCn1c(C(=O)Nc2sc3c(c2C(=O)OCC)CCC(C)C3)c(C)c2ccccc21. The maximum Gasteiger partial charge on any atom is 0.341 e. The minimum absolute atomic E-state index is 0.160. The first-order chi connectivity index (χ1) is 15.5. The number of carbonyl (C=O) groups is 2. The van der Waals surface area contributed by atoms with E-state index in [1.165, 1.54) is 16.2 Å². The van der Waals surface area contributed by atoms with E-state index in [0.717, 1.165) is 60.7 Å². The Hall–Kier alpha value is -2.60. The van der Waals surface area contributed by atoms with Crippen LogP contribution in [0, 0.1) is 12.8 Å². The number of fused-ring (bicyclic) bond motifs is 2. The van der Waals surface area contributed by atoms with Crippen LogP contribution in [-0.4, -0.2) is 23.1 Å². The summed E-state index contributed by atoms with van der Waals surface area (Å²) in [5.41, 5.74) is 4.34. The molecule has 1 aliphatic carbocycles. The van der Waals surface area contributed by atoms with Gasteiger partial charge in [-0.15, -0.1) is 11.3 Å². The number of carbonyl (C=O) groups excluding carboxylic acids is 2. The van der Waals surface area contributed by atoms with Gasteiger partial charge < -0.3 is 14.6 Å². The fourth-order valence-electron chi connectivity index (χ4n) is 4.74. The molecule has 1 aliphatic rings. The standard InChI is InChI=1S/C26H32N2O3S/c1-5-7-14-28-20-11-9-8-10-18(20)17(4)23(28)24(29)27-25-22(26(30)31-6-2)19-13-12-16(3)15-21(19)32-25/h8-11,16H,5-7,12-15H2,1-4H3,(H,27,29). The number of nitrogens with zero attached hydrogens (tertiary/aromatic N) is 1. The summed E-state index contributed by atoms with van der Waals surface area (Å²) in [6.07, 6.45) is 4.89. The van der Waals surface area contributed by atoms with E-state index in [4.69, 9.17) is 4.74 Å². The molecule has 1 N–H and O–H groups in total. The number of aryl methyl sites for hydroxylation is 2. The molecule has 0 spiro atoms. The summed E-state index contributed by atoms with van der Waals surface area (Å²) >= 11 is 1.54. The maximum atomic E-state index is 13.6. The summed E-state index contributed by atoms with van der Waals surface area (Å²) in [6.45, 7) is 9.32. The second-order valence-electron chi connectivity index (χ2n) is 8.73. The van der Waals surface area contributed by atoms with Crippen molar-refractivity contribution < 1.29 is 14.3 Å². The zero-order chi connectivity index (χ0) is 22.8. The molecular formula is C26H32N2O3S. The molecule has 2 aromatic heterocycles. The molecule has 3 aromatic rings. The number of esters is 1. The number of rotatable bonds is 7. The summed E-state index contributed by atoms with van der Waals surface area (Å²) in [5, 5.41) is 4.84. The zero-order valence-electron chi connectivity index (χ0n) is 19.4. The summed E-state index contributed by atoms with van der Waals surface area (Å²) in [4.78, 5) is 27.7. The van der Waals surface area contributed by atoms with Crippen molar-refractivity contribution in [3.05, 3.63) is 51.5 Å². The van der Waals surface area contributed by atoms with E-state index < -0.39 is 0 Å². The molecule has 0 radical (unpaired) electrons. The first-order valence-electron chi connectivity index (χ1n) is 11.7. The molecule has 1 amide bonds. The van der Waals surface area contributed by atoms with Gasteiger partial charge in [-0.05, 0) is 62.6 Å². The quantitative estimate of drug-likeness (QED) is 0.424. The Kier molecular flexibility index (Phi) is 6.70. The molecule has 1 atom stereocenters. The molecule has 170 valence electrons. The van der Waals surface area contributed by atoms with Gasteiger partial charge >= 0.3 is 5.97 Å². The summed E-state index contributed by atoms with van der Waals surface area (Å²) in [5.74, 6) is 0.0867. The zero-order valence-corrected chi connectivity index (χ0v) is 20.2. The van der Waals surface area contributed by atoms with Crippen molar-refractivity contribution in [1.29, 1.82) is 0 Å². The first-order valence-corrected chi connectivity index (χ1v) is 12.5. The van der Waals surface area contributed by atoms with Crippen LogP contribution in [0.15, 0.2) is 24.3 Å². The molecule has 0 saturated heterocycles. The topological polar surface area (TPSA) is 60.3 Å². The molecule has 6 heteroatoms. The third kappa shape index (κ3) is 4.08. The van der Waals surface area contributed by atoms with Crippen LogP contribution in [0.25, 0.3) is 10.9 Å². The van der Waals surface area contributed by atoms with Crippen molar-refractivity contribution in [1.82, 2.24) is 4.57 Å². The van der Waals surface area contributed by atoms with Crippen molar-refractivity contribution in [3.63, 3.8) is 0 Å². The second kappa shape index (κ2) is 9.49. The highest BCUT2D eigenvalue weighted by Gasteiger charge is 2.30. The van der Waals surface area contributed by atoms with Crippen LogP contribution < -0.4 is 5.32 Å². The number of benzene rings is 1. The number of para-hydroxylation sites is 1. The van der Waals surface area contributed by atoms with Crippen molar-refractivity contribution in [3.8, 4) is 0 Å². The van der Waals surface area contributed by atoms with Gasteiger partial charge in [0.05, 0.1) is 12.2 Å². The second-order valence-corrected chi connectivity index (χ2v) is 9.83. The van der Waals surface area contributed by atoms with Crippen LogP contribution in [0.5, 0.6) is 0 Å². The minimum Gasteiger partial charge on any atom is -0.462 e. The molecule has 0 bridgehead atoms. The van der Waals surface area contributed by atoms with Crippen LogP contribution in [0.1, 0.15) is 76.9 Å². The lowest BCUT2D eigenvalue weighted by Crippen LogP contribution is -2.20. The number of nitrogens with one attached hydrogen (secondary N) is 1. The lowest BCUT2D eigenvalue weighted by atomic mass is 9.88. The lowest BCUT2D eigenvalue weighted by Gasteiger charge is -2.18. The fraction of sp³-hybridized carbons (Fsp3) is 0.462. The first kappa shape index (κ1) is 22.6. The van der Waals surface area contributed by atoms with Crippen molar-refractivity contribution in [2.75, 3.05) is 11.9 Å². The van der Waals surface area contributed by atoms with Crippen LogP contribution in [0.4, 0.5) is 5.00 Å². The number of hydrogen-bond donors (Lipinski definition) is 1. The summed E-state index contributed by atoms with van der Waals surface area (Å²) < 4.78 is 7.50. The number of unbranched alkanes of at least 4 members (excludes halogenated alkanes) is 1. The Morgan fingerprint density at radius 1 is 1.25 bits per heavy atom. The maximum absolute atomic E-state index is 13.6. The van der Waals surface area contributed by atoms with E-state index >= 15 is 0 Å². The molecule has 2 heterocycles. The third-order valence-corrected chi connectivity index (χ3v) is 7.56. The highest BCUT2D eigenvalue weighted by molar-refractivity contribution is 7.17. The molecule has 0 aliphatic heterocycles. The molecule has 0 fully saturated rings. The Labute approximate surface area is 193 Å². The van der Waals surface area contributed by atoms with Gasteiger partial charge in [-0.1, -0.05) is 38.5 Å². The smallest absolute Gasteiger partial charge is 0.341 e. The van der Waals surface area contributed by atoms with E-state index in [-0.39, 0.29) is 11.9 Å². The molecular weight excluding hydrogens is 420 g/mol. The Balaban J connectivity index is 1.76. The van der Waals surface area contributed by atoms with Gasteiger partial charge in [0.2, 0.25) is 0 Å². The van der Waals surface area contributed by atoms with E-state index in [0.29, 0.717) is 28.8 Å². The molecule has 32 heavy (non-hydrogen) atoms. The number of thiophene rings is 1. The van der Waals surface area contributed by atoms with Crippen LogP contribution in [0.3, 0.4) is 0 Å². The average molecular weight is 453 g/mol. The Morgan fingerprint density at radius 3 is 2.78 bits per heavy atom. The van der Waals surface area contributed by atoms with Crippen LogP contribution >= 0.6 is 11.3 Å².